The Morgan fingerprint density at radius 3 is 2.13 bits per heavy atom. The standard InChI is InChI=1S/C32H42N8O4S.C2HF3O2/c1-20(2)28(36-30(42)21(3)34-4)32(44)39-18-24(40-17-23(37-38-40)19-45-25-13-9-6-10-14-25)16-27(39)31(43)35-26(29(33)41)15-22-11-7-5-8-12-22;3-2(4,5)1(6)7/h5-14,17,20-21,24,26-28,34H,15-16,18-19H2,1-4H3,(H2,33,41)(H,35,43)(H,36,42);(H,6,7)/t21-,24+,26-,27-,28-;/m0./s1. The third-order valence-corrected chi connectivity index (χ3v) is 9.21. The summed E-state index contributed by atoms with van der Waals surface area (Å²) in [6, 6.07) is 15.6. The molecule has 1 aliphatic heterocycles. The maximum Gasteiger partial charge on any atom is 0.490 e. The predicted octanol–water partition coefficient (Wildman–Crippen LogP) is 2.31. The maximum atomic E-state index is 14.1. The molecule has 0 bridgehead atoms. The van der Waals surface area contributed by atoms with Gasteiger partial charge in [0.05, 0.1) is 17.8 Å². The fourth-order valence-corrected chi connectivity index (χ4v) is 5.97. The van der Waals surface area contributed by atoms with E-state index >= 15 is 0 Å². The first kappa shape index (κ1) is 41.5. The van der Waals surface area contributed by atoms with Crippen LogP contribution in [0.5, 0.6) is 0 Å². The van der Waals surface area contributed by atoms with E-state index in [9.17, 15) is 32.3 Å². The van der Waals surface area contributed by atoms with Gasteiger partial charge in [-0.05, 0) is 37.6 Å². The number of nitrogens with one attached hydrogen (secondary N) is 3. The summed E-state index contributed by atoms with van der Waals surface area (Å²) < 4.78 is 33.4. The van der Waals surface area contributed by atoms with Gasteiger partial charge in [0.1, 0.15) is 18.1 Å². The molecule has 2 heterocycles. The van der Waals surface area contributed by atoms with Gasteiger partial charge >= 0.3 is 12.1 Å². The topological polar surface area (TPSA) is 202 Å². The molecule has 1 saturated heterocycles. The molecular weight excluding hydrogens is 705 g/mol. The van der Waals surface area contributed by atoms with Gasteiger partial charge in [0.15, 0.2) is 0 Å². The zero-order valence-corrected chi connectivity index (χ0v) is 29.9. The summed E-state index contributed by atoms with van der Waals surface area (Å²) in [6.07, 6.45) is -2.79. The Morgan fingerprint density at radius 1 is 1.00 bits per heavy atom. The molecule has 2 aromatic carbocycles. The number of rotatable bonds is 14. The van der Waals surface area contributed by atoms with E-state index in [1.165, 1.54) is 4.90 Å². The summed E-state index contributed by atoms with van der Waals surface area (Å²) in [4.78, 5) is 64.5. The molecule has 52 heavy (non-hydrogen) atoms. The fraction of sp³-hybridized carbons (Fsp3) is 0.441. The van der Waals surface area contributed by atoms with Crippen molar-refractivity contribution in [2.45, 2.75) is 80.6 Å². The number of likely N-dealkylation sites (tertiary alicyclic amines) is 1. The van der Waals surface area contributed by atoms with Crippen molar-refractivity contribution in [1.82, 2.24) is 35.8 Å². The van der Waals surface area contributed by atoms with Crippen molar-refractivity contribution in [1.29, 1.82) is 0 Å². The monoisotopic (exact) mass is 748 g/mol. The molecule has 0 spiro atoms. The number of hydrogen-bond acceptors (Lipinski definition) is 9. The third-order valence-electron chi connectivity index (χ3n) is 8.17. The van der Waals surface area contributed by atoms with Gasteiger partial charge in [0, 0.05) is 36.2 Å². The maximum absolute atomic E-state index is 14.1. The lowest BCUT2D eigenvalue weighted by Crippen LogP contribution is -2.58. The van der Waals surface area contributed by atoms with E-state index < -0.39 is 48.1 Å². The zero-order valence-electron chi connectivity index (χ0n) is 29.0. The Kier molecular flexibility index (Phi) is 15.2. The number of thioether (sulfide) groups is 1. The highest BCUT2D eigenvalue weighted by Gasteiger charge is 2.44. The van der Waals surface area contributed by atoms with E-state index in [1.54, 1.807) is 30.4 Å². The minimum Gasteiger partial charge on any atom is -0.475 e. The van der Waals surface area contributed by atoms with Crippen LogP contribution in [0.3, 0.4) is 0 Å². The molecule has 3 aromatic rings. The predicted molar refractivity (Wildman–Crippen MR) is 185 cm³/mol. The fourth-order valence-electron chi connectivity index (χ4n) is 5.17. The lowest BCUT2D eigenvalue weighted by Gasteiger charge is -2.31. The van der Waals surface area contributed by atoms with E-state index in [2.05, 4.69) is 26.3 Å². The van der Waals surface area contributed by atoms with E-state index in [0.717, 1.165) is 16.2 Å². The lowest BCUT2D eigenvalue weighted by molar-refractivity contribution is -0.192. The second-order valence-corrected chi connectivity index (χ2v) is 13.4. The number of carboxylic acid groups (broad SMARTS) is 1. The van der Waals surface area contributed by atoms with E-state index in [1.807, 2.05) is 80.7 Å². The molecule has 18 heteroatoms. The minimum absolute atomic E-state index is 0.173. The summed E-state index contributed by atoms with van der Waals surface area (Å²) >= 11 is 1.63. The number of aliphatic carboxylic acids is 1. The number of amides is 4. The van der Waals surface area contributed by atoms with Crippen LogP contribution in [0, 0.1) is 5.92 Å². The van der Waals surface area contributed by atoms with Crippen molar-refractivity contribution in [2.24, 2.45) is 11.7 Å². The number of nitrogens with two attached hydrogens (primary N) is 1. The third kappa shape index (κ3) is 12.1. The van der Waals surface area contributed by atoms with Crippen molar-refractivity contribution in [3.63, 3.8) is 0 Å². The van der Waals surface area contributed by atoms with Crippen LogP contribution in [0.1, 0.15) is 44.5 Å². The molecule has 282 valence electrons. The molecule has 5 atom stereocenters. The molecule has 0 saturated carbocycles. The van der Waals surface area contributed by atoms with Gasteiger partial charge in [0.25, 0.3) is 0 Å². The smallest absolute Gasteiger partial charge is 0.475 e. The number of likely N-dealkylation sites (N-methyl/N-ethyl adjacent to an activating group) is 1. The second kappa shape index (κ2) is 19.0. The van der Waals surface area contributed by atoms with E-state index in [-0.39, 0.29) is 43.2 Å². The number of hydrogen-bond donors (Lipinski definition) is 5. The molecule has 1 aliphatic rings. The Hall–Kier alpha value is -4.97. The highest BCUT2D eigenvalue weighted by Crippen LogP contribution is 2.30. The molecule has 1 fully saturated rings. The number of alkyl halides is 3. The van der Waals surface area contributed by atoms with Gasteiger partial charge in [0.2, 0.25) is 23.6 Å². The molecule has 0 aliphatic carbocycles. The molecule has 14 nitrogen and oxygen atoms in total. The number of benzene rings is 2. The van der Waals surface area contributed by atoms with Gasteiger partial charge in [-0.15, -0.1) is 16.9 Å². The van der Waals surface area contributed by atoms with E-state index in [0.29, 0.717) is 5.75 Å². The number of aromatic nitrogens is 3. The Bertz CT molecular complexity index is 1660. The lowest BCUT2D eigenvalue weighted by atomic mass is 10.0. The summed E-state index contributed by atoms with van der Waals surface area (Å²) in [5, 5.41) is 24.3. The van der Waals surface area contributed by atoms with Crippen molar-refractivity contribution in [3.8, 4) is 0 Å². The highest BCUT2D eigenvalue weighted by atomic mass is 32.2. The summed E-state index contributed by atoms with van der Waals surface area (Å²) in [5.74, 6) is -4.29. The number of carbonyl (C=O) groups excluding carboxylic acids is 4. The average molecular weight is 749 g/mol. The second-order valence-electron chi connectivity index (χ2n) is 12.4. The molecule has 4 rings (SSSR count). The van der Waals surface area contributed by atoms with Crippen LogP contribution < -0.4 is 21.7 Å². The SMILES string of the molecule is CN[C@@H](C)C(=O)N[C@H](C(=O)N1C[C@H](n2cc(CSc3ccccc3)nn2)C[C@H]1C(=O)N[C@@H](Cc1ccccc1)C(N)=O)C(C)C.O=C(O)C(F)(F)F. The summed E-state index contributed by atoms with van der Waals surface area (Å²) in [6.45, 7) is 5.56. The number of halogens is 3. The molecular formula is C34H43F3N8O6S. The normalized spacial score (nSPS) is 17.3. The molecule has 6 N–H and O–H groups in total. The van der Waals surface area contributed by atoms with Gasteiger partial charge in [-0.1, -0.05) is 67.6 Å². The number of nitrogens with zero attached hydrogens (tertiary/aromatic N) is 4. The summed E-state index contributed by atoms with van der Waals surface area (Å²) in [7, 11) is 1.66. The van der Waals surface area contributed by atoms with Crippen LogP contribution >= 0.6 is 11.8 Å². The Labute approximate surface area is 303 Å². The van der Waals surface area contributed by atoms with Gasteiger partial charge in [-0.25, -0.2) is 9.48 Å². The van der Waals surface area contributed by atoms with Crippen molar-refractivity contribution < 1.29 is 42.3 Å². The zero-order chi connectivity index (χ0) is 38.6. The summed E-state index contributed by atoms with van der Waals surface area (Å²) in [5.41, 5.74) is 7.29. The van der Waals surface area contributed by atoms with Gasteiger partial charge in [-0.2, -0.15) is 13.2 Å². The minimum atomic E-state index is -5.08. The average Bonchev–Trinajstić information content (AvgIpc) is 3.77. The Morgan fingerprint density at radius 2 is 1.60 bits per heavy atom. The van der Waals surface area contributed by atoms with Crippen LogP contribution in [-0.4, -0.2) is 98.5 Å². The molecule has 0 radical (unpaired) electrons. The van der Waals surface area contributed by atoms with Crippen LogP contribution in [-0.2, 0) is 36.1 Å². The quantitative estimate of drug-likeness (QED) is 0.152. The first-order chi connectivity index (χ1) is 24.5. The van der Waals surface area contributed by atoms with Crippen molar-refractivity contribution in [3.05, 3.63) is 78.1 Å². The number of carbonyl (C=O) groups is 5. The number of carboxylic acids is 1. The van der Waals surface area contributed by atoms with Gasteiger partial charge < -0.3 is 31.7 Å². The Balaban J connectivity index is 0.000000944. The highest BCUT2D eigenvalue weighted by molar-refractivity contribution is 7.98. The van der Waals surface area contributed by atoms with Crippen molar-refractivity contribution in [2.75, 3.05) is 13.6 Å². The van der Waals surface area contributed by atoms with Crippen LogP contribution in [0.25, 0.3) is 0 Å². The van der Waals surface area contributed by atoms with Crippen molar-refractivity contribution >= 4 is 41.4 Å². The van der Waals surface area contributed by atoms with Crippen LogP contribution in [0.2, 0.25) is 0 Å². The van der Waals surface area contributed by atoms with Crippen LogP contribution in [0.15, 0.2) is 71.8 Å². The molecule has 0 unspecified atom stereocenters. The first-order valence-corrected chi connectivity index (χ1v) is 17.3. The number of primary amides is 1. The van der Waals surface area contributed by atoms with Gasteiger partial charge in [-0.3, -0.25) is 19.2 Å². The van der Waals surface area contributed by atoms with E-state index in [4.69, 9.17) is 15.6 Å². The molecule has 4 amide bonds. The van der Waals surface area contributed by atoms with Crippen LogP contribution in [0.4, 0.5) is 13.2 Å². The largest absolute Gasteiger partial charge is 0.490 e. The molecule has 1 aromatic heterocycles. The first-order valence-electron chi connectivity index (χ1n) is 16.3.